The van der Waals surface area contributed by atoms with E-state index in [-0.39, 0.29) is 6.04 Å². The molecular formula is C19H18N4O. The van der Waals surface area contributed by atoms with Gasteiger partial charge in [0.25, 0.3) is 0 Å². The highest BCUT2D eigenvalue weighted by Gasteiger charge is 2.23. The predicted molar refractivity (Wildman–Crippen MR) is 93.9 cm³/mol. The van der Waals surface area contributed by atoms with E-state index in [1.165, 1.54) is 11.1 Å². The molecule has 2 heterocycles. The molecule has 4 rings (SSSR count). The molecule has 1 aliphatic rings. The minimum atomic E-state index is 0.0152. The van der Waals surface area contributed by atoms with Crippen molar-refractivity contribution < 1.29 is 4.74 Å². The molecule has 5 nitrogen and oxygen atoms in total. The van der Waals surface area contributed by atoms with Crippen LogP contribution in [0.5, 0.6) is 5.75 Å². The molecule has 0 bridgehead atoms. The summed E-state index contributed by atoms with van der Waals surface area (Å²) in [6.45, 7) is 2.09. The van der Waals surface area contributed by atoms with Gasteiger partial charge >= 0.3 is 0 Å². The number of rotatable bonds is 3. The Morgan fingerprint density at radius 3 is 2.50 bits per heavy atom. The second-order valence-corrected chi connectivity index (χ2v) is 5.82. The molecule has 3 aromatic rings. The lowest BCUT2D eigenvalue weighted by Gasteiger charge is -2.24. The van der Waals surface area contributed by atoms with Crippen molar-refractivity contribution in [1.29, 1.82) is 0 Å². The zero-order valence-corrected chi connectivity index (χ0v) is 13.6. The van der Waals surface area contributed by atoms with Crippen molar-refractivity contribution in [3.8, 4) is 5.75 Å². The normalized spacial score (nSPS) is 16.1. The molecular weight excluding hydrogens is 300 g/mol. The Labute approximate surface area is 140 Å². The van der Waals surface area contributed by atoms with Crippen LogP contribution in [0.25, 0.3) is 5.70 Å². The van der Waals surface area contributed by atoms with Crippen molar-refractivity contribution in [2.75, 3.05) is 12.4 Å². The highest BCUT2D eigenvalue weighted by Crippen LogP contribution is 2.32. The van der Waals surface area contributed by atoms with Crippen LogP contribution >= 0.6 is 0 Å². The second kappa shape index (κ2) is 5.85. The van der Waals surface area contributed by atoms with E-state index in [2.05, 4.69) is 52.7 Å². The number of ether oxygens (including phenoxy) is 1. The monoisotopic (exact) mass is 318 g/mol. The Balaban J connectivity index is 1.76. The minimum Gasteiger partial charge on any atom is -0.497 e. The summed E-state index contributed by atoms with van der Waals surface area (Å²) in [6, 6.07) is 16.5. The number of nitrogens with zero attached hydrogens (tertiary/aromatic N) is 3. The Hall–Kier alpha value is -3.08. The number of aromatic nitrogens is 3. The quantitative estimate of drug-likeness (QED) is 0.801. The van der Waals surface area contributed by atoms with Gasteiger partial charge in [0.2, 0.25) is 5.95 Å². The first-order valence-electron chi connectivity index (χ1n) is 7.84. The third kappa shape index (κ3) is 2.54. The van der Waals surface area contributed by atoms with Crippen molar-refractivity contribution in [1.82, 2.24) is 14.8 Å². The smallest absolute Gasteiger partial charge is 0.226 e. The summed E-state index contributed by atoms with van der Waals surface area (Å²) >= 11 is 0. The molecule has 0 saturated heterocycles. The van der Waals surface area contributed by atoms with E-state index in [9.17, 15) is 0 Å². The Morgan fingerprint density at radius 2 is 1.79 bits per heavy atom. The van der Waals surface area contributed by atoms with Gasteiger partial charge in [-0.25, -0.2) is 4.68 Å². The van der Waals surface area contributed by atoms with Gasteiger partial charge in [0.1, 0.15) is 18.1 Å². The lowest BCUT2D eigenvalue weighted by atomic mass is 10.0. The van der Waals surface area contributed by atoms with E-state index < -0.39 is 0 Å². The number of methoxy groups -OCH3 is 1. The van der Waals surface area contributed by atoms with Crippen LogP contribution in [0.2, 0.25) is 0 Å². The van der Waals surface area contributed by atoms with E-state index >= 15 is 0 Å². The van der Waals surface area contributed by atoms with E-state index in [1.54, 1.807) is 13.4 Å². The molecule has 2 aromatic carbocycles. The van der Waals surface area contributed by atoms with Crippen LogP contribution in [0.4, 0.5) is 5.95 Å². The van der Waals surface area contributed by atoms with Crippen molar-refractivity contribution in [3.63, 3.8) is 0 Å². The Kier molecular flexibility index (Phi) is 3.54. The number of allylic oxidation sites excluding steroid dienone is 1. The molecule has 1 N–H and O–H groups in total. The number of nitrogens with one attached hydrogen (secondary N) is 1. The zero-order chi connectivity index (χ0) is 16.5. The van der Waals surface area contributed by atoms with E-state index in [4.69, 9.17) is 4.74 Å². The molecule has 0 aliphatic carbocycles. The van der Waals surface area contributed by atoms with Crippen molar-refractivity contribution in [3.05, 3.63) is 77.6 Å². The molecule has 0 spiro atoms. The highest BCUT2D eigenvalue weighted by atomic mass is 16.5. The van der Waals surface area contributed by atoms with Crippen LogP contribution in [-0.2, 0) is 0 Å². The van der Waals surface area contributed by atoms with Crippen LogP contribution < -0.4 is 10.1 Å². The van der Waals surface area contributed by atoms with Crippen molar-refractivity contribution >= 4 is 11.6 Å². The summed E-state index contributed by atoms with van der Waals surface area (Å²) in [5.74, 6) is 1.59. The maximum absolute atomic E-state index is 5.24. The number of fused-ring (bicyclic) bond motifs is 1. The fourth-order valence-electron chi connectivity index (χ4n) is 2.87. The molecule has 5 heteroatoms. The van der Waals surface area contributed by atoms with Crippen LogP contribution in [0.15, 0.2) is 60.9 Å². The predicted octanol–water partition coefficient (Wildman–Crippen LogP) is 3.65. The number of aryl methyl sites for hydroxylation is 1. The fourth-order valence-corrected chi connectivity index (χ4v) is 2.87. The first kappa shape index (κ1) is 14.5. The van der Waals surface area contributed by atoms with Crippen molar-refractivity contribution in [2.45, 2.75) is 13.0 Å². The van der Waals surface area contributed by atoms with Gasteiger partial charge in [0, 0.05) is 5.70 Å². The molecule has 0 amide bonds. The summed E-state index contributed by atoms with van der Waals surface area (Å²) in [5.41, 5.74) is 4.52. The summed E-state index contributed by atoms with van der Waals surface area (Å²) in [5, 5.41) is 7.72. The average molecular weight is 318 g/mol. The largest absolute Gasteiger partial charge is 0.497 e. The zero-order valence-electron chi connectivity index (χ0n) is 13.6. The highest BCUT2D eigenvalue weighted by molar-refractivity contribution is 5.77. The maximum atomic E-state index is 5.24. The van der Waals surface area contributed by atoms with E-state index in [0.29, 0.717) is 0 Å². The lowest BCUT2D eigenvalue weighted by molar-refractivity contribution is 0.415. The summed E-state index contributed by atoms with van der Waals surface area (Å²) in [7, 11) is 1.67. The topological polar surface area (TPSA) is 52.0 Å². The number of benzene rings is 2. The van der Waals surface area contributed by atoms with E-state index in [1.807, 2.05) is 28.9 Å². The van der Waals surface area contributed by atoms with E-state index in [0.717, 1.165) is 23.0 Å². The Morgan fingerprint density at radius 1 is 1.04 bits per heavy atom. The molecule has 24 heavy (non-hydrogen) atoms. The molecule has 0 radical (unpaired) electrons. The first-order valence-corrected chi connectivity index (χ1v) is 7.84. The van der Waals surface area contributed by atoms with Gasteiger partial charge < -0.3 is 10.1 Å². The molecule has 1 atom stereocenters. The van der Waals surface area contributed by atoms with Gasteiger partial charge in [0.15, 0.2) is 0 Å². The SMILES string of the molecule is COc1ccc(C2=CC(c3ccc(C)cc3)n3ncnc3N2)cc1. The third-order valence-corrected chi connectivity index (χ3v) is 4.23. The first-order chi connectivity index (χ1) is 11.7. The molecule has 0 fully saturated rings. The Bertz CT molecular complexity index is 878. The lowest BCUT2D eigenvalue weighted by Crippen LogP contribution is -2.20. The molecule has 1 aliphatic heterocycles. The molecule has 0 saturated carbocycles. The van der Waals surface area contributed by atoms with Crippen molar-refractivity contribution in [2.24, 2.45) is 0 Å². The van der Waals surface area contributed by atoms with Gasteiger partial charge in [-0.15, -0.1) is 0 Å². The van der Waals surface area contributed by atoms with Gasteiger partial charge in [0.05, 0.1) is 7.11 Å². The molecule has 120 valence electrons. The molecule has 1 unspecified atom stereocenters. The third-order valence-electron chi connectivity index (χ3n) is 4.23. The fraction of sp³-hybridized carbons (Fsp3) is 0.158. The summed E-state index contributed by atoms with van der Waals surface area (Å²) in [6.07, 6.45) is 3.75. The number of hydrogen-bond donors (Lipinski definition) is 1. The maximum Gasteiger partial charge on any atom is 0.226 e. The molecule has 1 aromatic heterocycles. The van der Waals surface area contributed by atoms with Gasteiger partial charge in [-0.1, -0.05) is 29.8 Å². The van der Waals surface area contributed by atoms with Crippen LogP contribution in [0.3, 0.4) is 0 Å². The number of hydrogen-bond acceptors (Lipinski definition) is 4. The average Bonchev–Trinajstić information content (AvgIpc) is 3.10. The standard InChI is InChI=1S/C19H18N4O/c1-13-3-5-15(6-4-13)18-11-17(22-19-20-12-21-23(18)19)14-7-9-16(24-2)10-8-14/h3-12,18H,1-2H3,(H,20,21,22). The number of anilines is 1. The van der Waals surface area contributed by atoms with Gasteiger partial charge in [-0.3, -0.25) is 0 Å². The summed E-state index contributed by atoms with van der Waals surface area (Å²) < 4.78 is 7.14. The van der Waals surface area contributed by atoms with Crippen LogP contribution in [0.1, 0.15) is 22.7 Å². The second-order valence-electron chi connectivity index (χ2n) is 5.82. The summed E-state index contributed by atoms with van der Waals surface area (Å²) in [4.78, 5) is 4.33. The van der Waals surface area contributed by atoms with Gasteiger partial charge in [-0.05, 0) is 48.4 Å². The van der Waals surface area contributed by atoms with Crippen LogP contribution in [0, 0.1) is 6.92 Å². The van der Waals surface area contributed by atoms with Gasteiger partial charge in [-0.2, -0.15) is 10.1 Å². The minimum absolute atomic E-state index is 0.0152. The van der Waals surface area contributed by atoms with Crippen LogP contribution in [-0.4, -0.2) is 21.9 Å².